The van der Waals surface area contributed by atoms with Crippen LogP contribution in [0.2, 0.25) is 0 Å². The predicted octanol–water partition coefficient (Wildman–Crippen LogP) is 4.27. The van der Waals surface area contributed by atoms with Crippen LogP contribution in [-0.4, -0.2) is 53.6 Å². The van der Waals surface area contributed by atoms with Gasteiger partial charge in [0.25, 0.3) is 11.8 Å². The molecule has 2 heterocycles. The van der Waals surface area contributed by atoms with Crippen LogP contribution in [-0.2, 0) is 19.1 Å². The zero-order valence-corrected chi connectivity index (χ0v) is 21.4. The summed E-state index contributed by atoms with van der Waals surface area (Å²) in [5.74, 6) is -0.0457. The average molecular weight is 517 g/mol. The molecular formula is C29H28N2O5S. The van der Waals surface area contributed by atoms with E-state index in [1.165, 1.54) is 34.9 Å². The summed E-state index contributed by atoms with van der Waals surface area (Å²) in [4.78, 5) is 37.8. The Kier molecular flexibility index (Phi) is 8.64. The quantitative estimate of drug-likeness (QED) is 0.389. The molecule has 8 heteroatoms. The monoisotopic (exact) mass is 516 g/mol. The molecule has 1 saturated heterocycles. The van der Waals surface area contributed by atoms with Gasteiger partial charge in [0.2, 0.25) is 0 Å². The molecule has 0 spiro atoms. The Morgan fingerprint density at radius 2 is 1.46 bits per heavy atom. The summed E-state index contributed by atoms with van der Waals surface area (Å²) < 4.78 is 10.1. The number of hydrogen-bond acceptors (Lipinski definition) is 6. The van der Waals surface area contributed by atoms with E-state index in [1.807, 2.05) is 30.3 Å². The maximum absolute atomic E-state index is 12.4. The van der Waals surface area contributed by atoms with E-state index in [9.17, 15) is 14.4 Å². The van der Waals surface area contributed by atoms with Crippen LogP contribution in [0, 0.1) is 0 Å². The number of hydrogen-bond donors (Lipinski definition) is 1. The number of carbonyl (C=O) groups is 3. The third-order valence-corrected chi connectivity index (χ3v) is 7.27. The molecule has 0 aliphatic carbocycles. The van der Waals surface area contributed by atoms with Gasteiger partial charge in [-0.3, -0.25) is 14.5 Å². The topological polar surface area (TPSA) is 84.9 Å². The number of β-lactam (4-membered cyclic amide) rings is 1. The van der Waals surface area contributed by atoms with Crippen molar-refractivity contribution in [3.8, 4) is 16.9 Å². The summed E-state index contributed by atoms with van der Waals surface area (Å²) in [6, 6.07) is 29.1. The molecule has 3 aromatic rings. The maximum Gasteiger partial charge on any atom is 0.354 e. The number of nitrogens with zero attached hydrogens (tertiary/aromatic N) is 1. The third kappa shape index (κ3) is 6.21. The molecule has 0 unspecified atom stereocenters. The molecule has 7 nitrogen and oxygen atoms in total. The SMILES string of the molecule is COC(=O)C1=C(C)CS[C@@H]2[C@H](NC(=O)COc3ccccc3)C(=O)N12.c1ccc(-c2ccccc2)cc1. The smallest absolute Gasteiger partial charge is 0.354 e. The molecule has 2 atom stereocenters. The molecule has 2 aliphatic heterocycles. The van der Waals surface area contributed by atoms with Crippen molar-refractivity contribution in [3.63, 3.8) is 0 Å². The molecule has 0 bridgehead atoms. The van der Waals surface area contributed by atoms with E-state index in [1.54, 1.807) is 19.1 Å². The van der Waals surface area contributed by atoms with E-state index in [-0.39, 0.29) is 29.5 Å². The minimum absolute atomic E-state index is 0.177. The summed E-state index contributed by atoms with van der Waals surface area (Å²) in [5, 5.41) is 2.38. The lowest BCUT2D eigenvalue weighted by molar-refractivity contribution is -0.152. The van der Waals surface area contributed by atoms with Crippen molar-refractivity contribution in [2.75, 3.05) is 19.5 Å². The standard InChI is InChI=1S/C17H18N2O5S.C12H10/c1-10-9-25-16-13(15(21)19(16)14(10)17(22)23-2)18-12(20)8-24-11-6-4-3-5-7-11;1-3-7-11(8-4-1)12-9-5-2-6-10-12/h3-7,13,16H,8-9H2,1-2H3,(H,18,20);1-10H/t13-,16-;/m1./s1. The third-order valence-electron chi connectivity index (χ3n) is 5.85. The van der Waals surface area contributed by atoms with Crippen LogP contribution in [0.5, 0.6) is 5.75 Å². The van der Waals surface area contributed by atoms with Gasteiger partial charge in [-0.05, 0) is 35.8 Å². The van der Waals surface area contributed by atoms with Gasteiger partial charge in [0.05, 0.1) is 7.11 Å². The molecule has 37 heavy (non-hydrogen) atoms. The second-order valence-corrected chi connectivity index (χ2v) is 9.51. The van der Waals surface area contributed by atoms with Crippen LogP contribution < -0.4 is 10.1 Å². The molecule has 0 radical (unpaired) electrons. The minimum atomic E-state index is -0.662. The highest BCUT2D eigenvalue weighted by molar-refractivity contribution is 8.00. The molecule has 1 N–H and O–H groups in total. The number of para-hydroxylation sites is 1. The Morgan fingerprint density at radius 3 is 2.00 bits per heavy atom. The van der Waals surface area contributed by atoms with Crippen LogP contribution >= 0.6 is 11.8 Å². The number of thioether (sulfide) groups is 1. The summed E-state index contributed by atoms with van der Waals surface area (Å²) in [6.45, 7) is 1.62. The van der Waals surface area contributed by atoms with Gasteiger partial charge in [-0.1, -0.05) is 78.9 Å². The lowest BCUT2D eigenvalue weighted by atomic mass is 10.0. The number of esters is 1. The largest absolute Gasteiger partial charge is 0.484 e. The van der Waals surface area contributed by atoms with Crippen LogP contribution in [0.25, 0.3) is 11.1 Å². The number of ether oxygens (including phenoxy) is 2. The number of nitrogens with one attached hydrogen (secondary N) is 1. The van der Waals surface area contributed by atoms with Gasteiger partial charge in [-0.25, -0.2) is 4.79 Å². The van der Waals surface area contributed by atoms with Crippen molar-refractivity contribution < 1.29 is 23.9 Å². The number of methoxy groups -OCH3 is 1. The number of benzene rings is 3. The van der Waals surface area contributed by atoms with Crippen molar-refractivity contribution >= 4 is 29.5 Å². The second-order valence-electron chi connectivity index (χ2n) is 8.41. The molecule has 1 fully saturated rings. The minimum Gasteiger partial charge on any atom is -0.484 e. The van der Waals surface area contributed by atoms with E-state index >= 15 is 0 Å². The van der Waals surface area contributed by atoms with Crippen LogP contribution in [0.4, 0.5) is 0 Å². The highest BCUT2D eigenvalue weighted by Crippen LogP contribution is 2.40. The zero-order valence-electron chi connectivity index (χ0n) is 20.6. The molecular weight excluding hydrogens is 488 g/mol. The summed E-state index contributed by atoms with van der Waals surface area (Å²) in [7, 11) is 1.28. The van der Waals surface area contributed by atoms with E-state index in [0.717, 1.165) is 5.57 Å². The number of carbonyl (C=O) groups excluding carboxylic acids is 3. The number of fused-ring (bicyclic) bond motifs is 1. The Bertz CT molecular complexity index is 1230. The average Bonchev–Trinajstić information content (AvgIpc) is 2.96. The number of rotatable bonds is 6. The van der Waals surface area contributed by atoms with Gasteiger partial charge in [-0.2, -0.15) is 0 Å². The second kappa shape index (κ2) is 12.3. The predicted molar refractivity (Wildman–Crippen MR) is 144 cm³/mol. The molecule has 190 valence electrons. The normalized spacial score (nSPS) is 18.0. The fourth-order valence-electron chi connectivity index (χ4n) is 4.00. The van der Waals surface area contributed by atoms with Gasteiger partial charge >= 0.3 is 5.97 Å². The summed E-state index contributed by atoms with van der Waals surface area (Å²) in [5.41, 5.74) is 3.62. The highest BCUT2D eigenvalue weighted by Gasteiger charge is 2.53. The fraction of sp³-hybridized carbons (Fsp3) is 0.207. The number of amides is 2. The van der Waals surface area contributed by atoms with Gasteiger partial charge in [0.1, 0.15) is 22.9 Å². The first-order valence-electron chi connectivity index (χ1n) is 11.8. The lowest BCUT2D eigenvalue weighted by Crippen LogP contribution is -2.70. The summed E-state index contributed by atoms with van der Waals surface area (Å²) >= 11 is 1.50. The maximum atomic E-state index is 12.4. The lowest BCUT2D eigenvalue weighted by Gasteiger charge is -2.49. The molecule has 2 amide bonds. The molecule has 0 saturated carbocycles. The van der Waals surface area contributed by atoms with E-state index in [4.69, 9.17) is 9.47 Å². The van der Waals surface area contributed by atoms with Crippen molar-refractivity contribution in [3.05, 3.63) is 102 Å². The zero-order chi connectivity index (χ0) is 26.2. The van der Waals surface area contributed by atoms with E-state index < -0.39 is 12.0 Å². The first-order chi connectivity index (χ1) is 18.0. The van der Waals surface area contributed by atoms with Crippen molar-refractivity contribution in [2.24, 2.45) is 0 Å². The Balaban J connectivity index is 0.000000222. The Labute approximate surface area is 220 Å². The molecule has 2 aliphatic rings. The molecule has 3 aromatic carbocycles. The van der Waals surface area contributed by atoms with E-state index in [0.29, 0.717) is 11.5 Å². The fourth-order valence-corrected chi connectivity index (χ4v) is 5.29. The van der Waals surface area contributed by atoms with Gasteiger partial charge in [-0.15, -0.1) is 11.8 Å². The Morgan fingerprint density at radius 1 is 0.919 bits per heavy atom. The van der Waals surface area contributed by atoms with E-state index in [2.05, 4.69) is 53.8 Å². The van der Waals surface area contributed by atoms with Gasteiger partial charge in [0.15, 0.2) is 6.61 Å². The van der Waals surface area contributed by atoms with Crippen LogP contribution in [0.3, 0.4) is 0 Å². The highest BCUT2D eigenvalue weighted by atomic mass is 32.2. The van der Waals surface area contributed by atoms with Crippen molar-refractivity contribution in [2.45, 2.75) is 18.3 Å². The van der Waals surface area contributed by atoms with Crippen LogP contribution in [0.1, 0.15) is 6.92 Å². The van der Waals surface area contributed by atoms with Gasteiger partial charge < -0.3 is 14.8 Å². The summed E-state index contributed by atoms with van der Waals surface area (Å²) in [6.07, 6.45) is 0. The van der Waals surface area contributed by atoms with Gasteiger partial charge in [0, 0.05) is 5.75 Å². The Hall–Kier alpha value is -4.04. The van der Waals surface area contributed by atoms with Crippen LogP contribution in [0.15, 0.2) is 102 Å². The first kappa shape index (κ1) is 26.0. The first-order valence-corrected chi connectivity index (χ1v) is 12.8. The van der Waals surface area contributed by atoms with Crippen molar-refractivity contribution in [1.29, 1.82) is 0 Å². The molecule has 0 aromatic heterocycles. The molecule has 5 rings (SSSR count). The van der Waals surface area contributed by atoms with Crippen molar-refractivity contribution in [1.82, 2.24) is 10.2 Å².